The second-order valence-corrected chi connectivity index (χ2v) is 4.19. The average molecular weight is 274 g/mol. The van der Waals surface area contributed by atoms with Crippen molar-refractivity contribution >= 4 is 23.2 Å². The largest absolute Gasteiger partial charge is 0.506 e. The summed E-state index contributed by atoms with van der Waals surface area (Å²) in [6.45, 7) is 0.834. The molecule has 1 aromatic carbocycles. The molecule has 1 heterocycles. The van der Waals surface area contributed by atoms with Crippen molar-refractivity contribution in [3.05, 3.63) is 40.0 Å². The van der Waals surface area contributed by atoms with Crippen LogP contribution in [0, 0.1) is 0 Å². The van der Waals surface area contributed by atoms with Crippen LogP contribution in [0.4, 0.5) is 0 Å². The van der Waals surface area contributed by atoms with E-state index in [4.69, 9.17) is 23.2 Å². The van der Waals surface area contributed by atoms with Crippen LogP contribution in [0.25, 0.3) is 0 Å². The van der Waals surface area contributed by atoms with Crippen LogP contribution in [0.3, 0.4) is 0 Å². The van der Waals surface area contributed by atoms with Crippen molar-refractivity contribution in [2.45, 2.75) is 13.1 Å². The lowest BCUT2D eigenvalue weighted by Crippen LogP contribution is -2.13. The summed E-state index contributed by atoms with van der Waals surface area (Å²) < 4.78 is 4.59. The second kappa shape index (κ2) is 5.35. The molecular weight excluding hydrogens is 265 g/mol. The average Bonchev–Trinajstić information content (AvgIpc) is 2.78. The summed E-state index contributed by atoms with van der Waals surface area (Å²) >= 11 is 11.6. The van der Waals surface area contributed by atoms with Gasteiger partial charge in [-0.2, -0.15) is 4.98 Å². The molecule has 17 heavy (non-hydrogen) atoms. The molecule has 0 aliphatic heterocycles. The minimum Gasteiger partial charge on any atom is -0.506 e. The number of hydrogen-bond acceptors (Lipinski definition) is 5. The number of benzene rings is 1. The first-order valence-electron chi connectivity index (χ1n) is 4.79. The number of rotatable bonds is 4. The third-order valence-corrected chi connectivity index (χ3v) is 2.62. The monoisotopic (exact) mass is 273 g/mol. The van der Waals surface area contributed by atoms with Crippen LogP contribution in [0.1, 0.15) is 11.4 Å². The molecule has 0 saturated carbocycles. The summed E-state index contributed by atoms with van der Waals surface area (Å²) in [7, 11) is 0. The molecule has 0 radical (unpaired) electrons. The molecule has 0 aliphatic carbocycles. The van der Waals surface area contributed by atoms with Crippen molar-refractivity contribution in [1.82, 2.24) is 15.5 Å². The molecule has 90 valence electrons. The molecule has 0 fully saturated rings. The maximum absolute atomic E-state index is 9.70. The fourth-order valence-electron chi connectivity index (χ4n) is 1.33. The van der Waals surface area contributed by atoms with Crippen LogP contribution in [0.2, 0.25) is 10.0 Å². The number of nitrogens with zero attached hydrogens (tertiary/aromatic N) is 2. The zero-order valence-corrected chi connectivity index (χ0v) is 10.2. The molecule has 1 aromatic heterocycles. The van der Waals surface area contributed by atoms with E-state index < -0.39 is 0 Å². The Morgan fingerprint density at radius 3 is 2.82 bits per heavy atom. The summed E-state index contributed by atoms with van der Waals surface area (Å²) in [4.78, 5) is 3.85. The number of phenolic OH excluding ortho intramolecular Hbond substituents is 1. The van der Waals surface area contributed by atoms with E-state index in [1.54, 1.807) is 6.07 Å². The summed E-state index contributed by atoms with van der Waals surface area (Å²) in [6.07, 6.45) is 1.25. The highest BCUT2D eigenvalue weighted by Crippen LogP contribution is 2.30. The minimum absolute atomic E-state index is 0.0247. The molecule has 5 nitrogen and oxygen atoms in total. The number of aromatic nitrogens is 2. The van der Waals surface area contributed by atoms with Gasteiger partial charge in [0.25, 0.3) is 0 Å². The van der Waals surface area contributed by atoms with Gasteiger partial charge in [0, 0.05) is 17.1 Å². The Morgan fingerprint density at radius 1 is 1.29 bits per heavy atom. The maximum Gasteiger partial charge on any atom is 0.213 e. The van der Waals surface area contributed by atoms with Crippen molar-refractivity contribution in [3.8, 4) is 5.75 Å². The fourth-order valence-corrected chi connectivity index (χ4v) is 1.87. The van der Waals surface area contributed by atoms with Crippen molar-refractivity contribution in [1.29, 1.82) is 0 Å². The van der Waals surface area contributed by atoms with E-state index in [0.717, 1.165) is 0 Å². The first-order chi connectivity index (χ1) is 8.16. The van der Waals surface area contributed by atoms with Gasteiger partial charge in [-0.3, -0.25) is 0 Å². The quantitative estimate of drug-likeness (QED) is 0.895. The topological polar surface area (TPSA) is 71.2 Å². The molecular formula is C10H9Cl2N3O2. The molecule has 2 rings (SSSR count). The molecule has 0 bridgehead atoms. The standard InChI is InChI=1S/C10H9Cl2N3O2/c11-7-1-6(10(16)8(12)2-7)3-13-4-9-14-5-17-15-9/h1-2,5,13,16H,3-4H2. The Bertz CT molecular complexity index is 503. The van der Waals surface area contributed by atoms with E-state index in [2.05, 4.69) is 20.0 Å². The van der Waals surface area contributed by atoms with Gasteiger partial charge >= 0.3 is 0 Å². The molecule has 2 aromatic rings. The summed E-state index contributed by atoms with van der Waals surface area (Å²) in [6, 6.07) is 3.13. The highest BCUT2D eigenvalue weighted by atomic mass is 35.5. The Morgan fingerprint density at radius 2 is 2.12 bits per heavy atom. The highest BCUT2D eigenvalue weighted by molar-refractivity contribution is 6.35. The van der Waals surface area contributed by atoms with Crippen LogP contribution in [0.5, 0.6) is 5.75 Å². The smallest absolute Gasteiger partial charge is 0.213 e. The summed E-state index contributed by atoms with van der Waals surface area (Å²) in [5, 5.41) is 17.1. The van der Waals surface area contributed by atoms with E-state index in [9.17, 15) is 5.11 Å². The van der Waals surface area contributed by atoms with E-state index >= 15 is 0 Å². The van der Waals surface area contributed by atoms with Gasteiger partial charge in [-0.05, 0) is 12.1 Å². The van der Waals surface area contributed by atoms with Crippen LogP contribution in [-0.4, -0.2) is 15.2 Å². The predicted octanol–water partition coefficient (Wildman–Crippen LogP) is 2.37. The second-order valence-electron chi connectivity index (χ2n) is 3.35. The van der Waals surface area contributed by atoms with Crippen molar-refractivity contribution in [2.75, 3.05) is 0 Å². The molecule has 2 N–H and O–H groups in total. The number of aromatic hydroxyl groups is 1. The molecule has 0 aliphatic rings. The third-order valence-electron chi connectivity index (χ3n) is 2.11. The number of halogens is 2. The van der Waals surface area contributed by atoms with Gasteiger partial charge in [0.15, 0.2) is 5.82 Å². The van der Waals surface area contributed by atoms with Crippen molar-refractivity contribution < 1.29 is 9.63 Å². The van der Waals surface area contributed by atoms with Crippen LogP contribution in [0.15, 0.2) is 23.0 Å². The normalized spacial score (nSPS) is 10.7. The Labute approximate surface area is 107 Å². The lowest BCUT2D eigenvalue weighted by molar-refractivity contribution is 0.407. The number of hydrogen-bond donors (Lipinski definition) is 2. The number of phenols is 1. The van der Waals surface area contributed by atoms with Gasteiger partial charge in [-0.15, -0.1) is 0 Å². The summed E-state index contributed by atoms with van der Waals surface area (Å²) in [5.41, 5.74) is 0.617. The molecule has 0 spiro atoms. The first kappa shape index (κ1) is 12.2. The molecule has 0 unspecified atom stereocenters. The van der Waals surface area contributed by atoms with E-state index in [-0.39, 0.29) is 10.8 Å². The Hall–Kier alpha value is -1.30. The first-order valence-corrected chi connectivity index (χ1v) is 5.55. The lowest BCUT2D eigenvalue weighted by Gasteiger charge is -2.07. The van der Waals surface area contributed by atoms with Gasteiger partial charge in [0.05, 0.1) is 11.6 Å². The predicted molar refractivity (Wildman–Crippen MR) is 63.0 cm³/mol. The Kier molecular flexibility index (Phi) is 3.83. The van der Waals surface area contributed by atoms with Crippen molar-refractivity contribution in [3.63, 3.8) is 0 Å². The van der Waals surface area contributed by atoms with E-state index in [0.29, 0.717) is 29.5 Å². The SMILES string of the molecule is Oc1c(Cl)cc(Cl)cc1CNCc1ncon1. The molecule has 0 amide bonds. The molecule has 0 atom stereocenters. The third kappa shape index (κ3) is 3.09. The van der Waals surface area contributed by atoms with Gasteiger partial charge in [-0.25, -0.2) is 0 Å². The van der Waals surface area contributed by atoms with E-state index in [1.165, 1.54) is 12.5 Å². The molecule has 0 saturated heterocycles. The van der Waals surface area contributed by atoms with Crippen LogP contribution < -0.4 is 5.32 Å². The van der Waals surface area contributed by atoms with Gasteiger partial charge in [-0.1, -0.05) is 28.4 Å². The maximum atomic E-state index is 9.70. The van der Waals surface area contributed by atoms with Gasteiger partial charge in [0.2, 0.25) is 6.39 Å². The van der Waals surface area contributed by atoms with Crippen molar-refractivity contribution in [2.24, 2.45) is 0 Å². The van der Waals surface area contributed by atoms with E-state index in [1.807, 2.05) is 0 Å². The number of nitrogens with one attached hydrogen (secondary N) is 1. The van der Waals surface area contributed by atoms with Crippen LogP contribution >= 0.6 is 23.2 Å². The van der Waals surface area contributed by atoms with Gasteiger partial charge in [0.1, 0.15) is 5.75 Å². The zero-order chi connectivity index (χ0) is 12.3. The fraction of sp³-hybridized carbons (Fsp3) is 0.200. The van der Waals surface area contributed by atoms with Gasteiger partial charge < -0.3 is 14.9 Å². The lowest BCUT2D eigenvalue weighted by atomic mass is 10.2. The van der Waals surface area contributed by atoms with Crippen LogP contribution in [-0.2, 0) is 13.1 Å². The zero-order valence-electron chi connectivity index (χ0n) is 8.65. The Balaban J connectivity index is 1.99. The molecule has 7 heteroatoms. The minimum atomic E-state index is 0.0247. The summed E-state index contributed by atoms with van der Waals surface area (Å²) in [5.74, 6) is 0.564. The highest BCUT2D eigenvalue weighted by Gasteiger charge is 2.08.